The van der Waals surface area contributed by atoms with Gasteiger partial charge < -0.3 is 10.2 Å². The van der Waals surface area contributed by atoms with Gasteiger partial charge in [0.25, 0.3) is 0 Å². The number of hydrogen-bond acceptors (Lipinski definition) is 2. The molecule has 2 heteroatoms. The van der Waals surface area contributed by atoms with E-state index in [1.54, 1.807) is 0 Å². The summed E-state index contributed by atoms with van der Waals surface area (Å²) in [7, 11) is 0. The molecule has 0 atom stereocenters. The highest BCUT2D eigenvalue weighted by atomic mass is 16.3. The van der Waals surface area contributed by atoms with Crippen LogP contribution in [0.1, 0.15) is 0 Å². The lowest BCUT2D eigenvalue weighted by Gasteiger charge is -2.12. The third-order valence-corrected chi connectivity index (χ3v) is 7.07. The van der Waals surface area contributed by atoms with E-state index < -0.39 is 0 Å². The maximum atomic E-state index is 6.47. The minimum atomic E-state index is 0.758. The number of nitrogens with two attached hydrogens (primary N) is 1. The monoisotopic (exact) mass is 461 g/mol. The molecule has 0 spiro atoms. The Balaban J connectivity index is 1.32. The number of para-hydroxylation sites is 2. The number of rotatable bonds is 3. The molecule has 0 aliphatic rings. The van der Waals surface area contributed by atoms with Crippen LogP contribution in [0.5, 0.6) is 0 Å². The summed E-state index contributed by atoms with van der Waals surface area (Å²) < 4.78 is 6.28. The van der Waals surface area contributed by atoms with Gasteiger partial charge in [-0.25, -0.2) is 0 Å². The Morgan fingerprint density at radius 2 is 1.06 bits per heavy atom. The van der Waals surface area contributed by atoms with Gasteiger partial charge >= 0.3 is 0 Å². The van der Waals surface area contributed by atoms with Crippen molar-refractivity contribution in [3.63, 3.8) is 0 Å². The van der Waals surface area contributed by atoms with Gasteiger partial charge in [0.15, 0.2) is 0 Å². The molecule has 0 saturated heterocycles. The van der Waals surface area contributed by atoms with E-state index in [4.69, 9.17) is 10.2 Å². The number of furan rings is 1. The molecule has 2 N–H and O–H groups in total. The van der Waals surface area contributed by atoms with E-state index >= 15 is 0 Å². The predicted molar refractivity (Wildman–Crippen MR) is 152 cm³/mol. The zero-order chi connectivity index (χ0) is 24.1. The van der Waals surface area contributed by atoms with Crippen molar-refractivity contribution in [2.45, 2.75) is 0 Å². The second-order valence-electron chi connectivity index (χ2n) is 9.19. The van der Waals surface area contributed by atoms with Crippen molar-refractivity contribution in [2.75, 3.05) is 5.73 Å². The number of hydrogen-bond donors (Lipinski definition) is 1. The molecule has 7 aromatic rings. The lowest BCUT2D eigenvalue weighted by molar-refractivity contribution is 0.670. The van der Waals surface area contributed by atoms with E-state index in [0.717, 1.165) is 49.9 Å². The van der Waals surface area contributed by atoms with E-state index in [1.165, 1.54) is 21.9 Å². The van der Waals surface area contributed by atoms with Gasteiger partial charge in [-0.1, -0.05) is 109 Å². The summed E-state index contributed by atoms with van der Waals surface area (Å²) in [6.07, 6.45) is 0. The summed E-state index contributed by atoms with van der Waals surface area (Å²) in [4.78, 5) is 0. The number of benzene rings is 6. The maximum Gasteiger partial charge on any atom is 0.143 e. The van der Waals surface area contributed by atoms with Crippen LogP contribution in [0.25, 0.3) is 66.1 Å². The second-order valence-corrected chi connectivity index (χ2v) is 9.19. The highest BCUT2D eigenvalue weighted by molar-refractivity contribution is 6.09. The van der Waals surface area contributed by atoms with E-state index in [2.05, 4.69) is 103 Å². The van der Waals surface area contributed by atoms with Crippen molar-refractivity contribution in [2.24, 2.45) is 0 Å². The average Bonchev–Trinajstić information content (AvgIpc) is 3.32. The largest absolute Gasteiger partial charge is 0.455 e. The zero-order valence-electron chi connectivity index (χ0n) is 19.6. The van der Waals surface area contributed by atoms with Crippen LogP contribution in [-0.2, 0) is 0 Å². The third kappa shape index (κ3) is 3.27. The maximum absolute atomic E-state index is 6.47. The summed E-state index contributed by atoms with van der Waals surface area (Å²) in [5.41, 5.74) is 15.7. The first-order chi connectivity index (χ1) is 17.8. The van der Waals surface area contributed by atoms with Crippen LogP contribution in [0, 0.1) is 0 Å². The minimum Gasteiger partial charge on any atom is -0.455 e. The molecule has 36 heavy (non-hydrogen) atoms. The fraction of sp³-hybridized carbons (Fsp3) is 0. The average molecular weight is 462 g/mol. The Bertz CT molecular complexity index is 1890. The normalized spacial score (nSPS) is 11.4. The molecule has 0 aliphatic carbocycles. The summed E-state index contributed by atoms with van der Waals surface area (Å²) in [6, 6.07) is 44.4. The molecule has 170 valence electrons. The van der Waals surface area contributed by atoms with Crippen LogP contribution in [0.3, 0.4) is 0 Å². The molecule has 2 nitrogen and oxygen atoms in total. The molecule has 6 aromatic carbocycles. The SMILES string of the molecule is Nc1ccc(-c2cccc3c2oc2ccccc23)cc1-c1ccc(-c2cccc3ccccc23)cc1. The Morgan fingerprint density at radius 1 is 0.444 bits per heavy atom. The van der Waals surface area contributed by atoms with Crippen LogP contribution in [0.4, 0.5) is 5.69 Å². The highest BCUT2D eigenvalue weighted by Gasteiger charge is 2.14. The van der Waals surface area contributed by atoms with Crippen molar-refractivity contribution < 1.29 is 4.42 Å². The van der Waals surface area contributed by atoms with Crippen LogP contribution in [0.15, 0.2) is 132 Å². The number of anilines is 1. The molecule has 1 aromatic heterocycles. The molecule has 0 amide bonds. The predicted octanol–water partition coefficient (Wildman–Crippen LogP) is 9.32. The molecule has 0 fully saturated rings. The zero-order valence-corrected chi connectivity index (χ0v) is 19.6. The lowest BCUT2D eigenvalue weighted by atomic mass is 9.94. The Kier molecular flexibility index (Phi) is 4.65. The number of nitrogen functional groups attached to an aromatic ring is 1. The molecule has 0 saturated carbocycles. The van der Waals surface area contributed by atoms with Crippen molar-refractivity contribution in [1.82, 2.24) is 0 Å². The van der Waals surface area contributed by atoms with Crippen LogP contribution < -0.4 is 5.73 Å². The molecular weight excluding hydrogens is 438 g/mol. The smallest absolute Gasteiger partial charge is 0.143 e. The van der Waals surface area contributed by atoms with E-state index in [-0.39, 0.29) is 0 Å². The van der Waals surface area contributed by atoms with Gasteiger partial charge in [-0.05, 0) is 51.2 Å². The van der Waals surface area contributed by atoms with Gasteiger partial charge in [0.05, 0.1) is 0 Å². The molecule has 0 unspecified atom stereocenters. The molecular formula is C34H23NO. The summed E-state index contributed by atoms with van der Waals surface area (Å²) in [6.45, 7) is 0. The van der Waals surface area contributed by atoms with E-state index in [0.29, 0.717) is 0 Å². The molecule has 0 aliphatic heterocycles. The Morgan fingerprint density at radius 3 is 1.92 bits per heavy atom. The lowest BCUT2D eigenvalue weighted by Crippen LogP contribution is -1.91. The quantitative estimate of drug-likeness (QED) is 0.266. The molecule has 1 heterocycles. The number of fused-ring (bicyclic) bond motifs is 4. The van der Waals surface area contributed by atoms with E-state index in [9.17, 15) is 0 Å². The Hall–Kier alpha value is -4.82. The van der Waals surface area contributed by atoms with Crippen molar-refractivity contribution >= 4 is 38.4 Å². The summed E-state index contributed by atoms with van der Waals surface area (Å²) in [5, 5.41) is 4.76. The first-order valence-corrected chi connectivity index (χ1v) is 12.1. The third-order valence-electron chi connectivity index (χ3n) is 7.07. The van der Waals surface area contributed by atoms with Gasteiger partial charge in [0.2, 0.25) is 0 Å². The van der Waals surface area contributed by atoms with Gasteiger partial charge in [0.1, 0.15) is 11.2 Å². The van der Waals surface area contributed by atoms with Crippen molar-refractivity contribution in [1.29, 1.82) is 0 Å². The topological polar surface area (TPSA) is 39.2 Å². The van der Waals surface area contributed by atoms with Gasteiger partial charge in [-0.2, -0.15) is 0 Å². The minimum absolute atomic E-state index is 0.758. The fourth-order valence-electron chi connectivity index (χ4n) is 5.25. The first-order valence-electron chi connectivity index (χ1n) is 12.1. The summed E-state index contributed by atoms with van der Waals surface area (Å²) >= 11 is 0. The van der Waals surface area contributed by atoms with Crippen molar-refractivity contribution in [3.05, 3.63) is 127 Å². The summed E-state index contributed by atoms with van der Waals surface area (Å²) in [5.74, 6) is 0. The highest BCUT2D eigenvalue weighted by Crippen LogP contribution is 2.39. The van der Waals surface area contributed by atoms with Crippen LogP contribution in [0.2, 0.25) is 0 Å². The first kappa shape index (κ1) is 20.5. The van der Waals surface area contributed by atoms with Crippen LogP contribution in [-0.4, -0.2) is 0 Å². The Labute approximate surface area is 209 Å². The molecule has 0 radical (unpaired) electrons. The fourth-order valence-corrected chi connectivity index (χ4v) is 5.25. The standard InChI is InChI=1S/C34H23NO/c35-32-20-19-25(28-12-6-13-30-29-10-3-4-14-33(29)36-34(28)30)21-31(32)24-17-15-23(16-18-24)27-11-5-8-22-7-1-2-9-26(22)27/h1-21H,35H2. The van der Waals surface area contributed by atoms with Gasteiger partial charge in [-0.3, -0.25) is 0 Å². The van der Waals surface area contributed by atoms with Gasteiger partial charge in [-0.15, -0.1) is 0 Å². The van der Waals surface area contributed by atoms with Crippen LogP contribution >= 0.6 is 0 Å². The van der Waals surface area contributed by atoms with Gasteiger partial charge in [0, 0.05) is 27.6 Å². The second kappa shape index (κ2) is 8.14. The molecule has 0 bridgehead atoms. The molecule has 7 rings (SSSR count). The van der Waals surface area contributed by atoms with E-state index in [1.807, 2.05) is 24.3 Å². The van der Waals surface area contributed by atoms with Crippen molar-refractivity contribution in [3.8, 4) is 33.4 Å².